The van der Waals surface area contributed by atoms with Gasteiger partial charge in [0.1, 0.15) is 0 Å². The molecule has 0 heterocycles. The normalized spacial score (nSPS) is 19.5. The molecule has 2 nitrogen and oxygen atoms in total. The first-order valence-corrected chi connectivity index (χ1v) is 4.83. The smallest absolute Gasteiger partial charge is 0.0412 e. The molecule has 0 saturated heterocycles. The van der Waals surface area contributed by atoms with Crippen LogP contribution in [0.15, 0.2) is 24.3 Å². The second-order valence-electron chi connectivity index (χ2n) is 3.87. The lowest BCUT2D eigenvalue weighted by Crippen LogP contribution is -2.44. The van der Waals surface area contributed by atoms with Gasteiger partial charge in [0.25, 0.3) is 0 Å². The van der Waals surface area contributed by atoms with Crippen LogP contribution in [0.25, 0.3) is 0 Å². The van der Waals surface area contributed by atoms with E-state index in [1.165, 1.54) is 17.5 Å². The van der Waals surface area contributed by atoms with Gasteiger partial charge in [-0.2, -0.15) is 0 Å². The quantitative estimate of drug-likeness (QED) is 0.717. The minimum Gasteiger partial charge on any atom is -0.326 e. The van der Waals surface area contributed by atoms with E-state index >= 15 is 0 Å². The van der Waals surface area contributed by atoms with Crippen LogP contribution in [0.2, 0.25) is 0 Å². The number of nitrogens with two attached hydrogens (primary N) is 2. The molecule has 0 radical (unpaired) electrons. The van der Waals surface area contributed by atoms with Crippen molar-refractivity contribution in [3.05, 3.63) is 35.4 Å². The van der Waals surface area contributed by atoms with E-state index in [4.69, 9.17) is 11.5 Å². The zero-order chi connectivity index (χ0) is 9.31. The summed E-state index contributed by atoms with van der Waals surface area (Å²) in [5.41, 5.74) is 14.3. The van der Waals surface area contributed by atoms with Crippen LogP contribution in [-0.2, 0) is 12.1 Å². The Hall–Kier alpha value is -0.860. The van der Waals surface area contributed by atoms with Gasteiger partial charge in [-0.05, 0) is 30.4 Å². The van der Waals surface area contributed by atoms with Crippen molar-refractivity contribution in [2.24, 2.45) is 11.5 Å². The van der Waals surface area contributed by atoms with E-state index in [1.807, 2.05) is 12.1 Å². The van der Waals surface area contributed by atoms with E-state index in [9.17, 15) is 0 Å². The molecule has 0 spiro atoms. The molecular weight excluding hydrogens is 160 g/mol. The van der Waals surface area contributed by atoms with Crippen LogP contribution in [0.3, 0.4) is 0 Å². The second kappa shape index (κ2) is 3.13. The highest BCUT2D eigenvalue weighted by Crippen LogP contribution is 2.39. The van der Waals surface area contributed by atoms with Crippen LogP contribution in [-0.4, -0.2) is 0 Å². The van der Waals surface area contributed by atoms with E-state index < -0.39 is 0 Å². The van der Waals surface area contributed by atoms with Gasteiger partial charge in [-0.25, -0.2) is 0 Å². The highest BCUT2D eigenvalue weighted by atomic mass is 14.8. The molecule has 0 unspecified atom stereocenters. The van der Waals surface area contributed by atoms with E-state index in [0.29, 0.717) is 6.54 Å². The molecule has 1 saturated carbocycles. The Labute approximate surface area is 78.9 Å². The van der Waals surface area contributed by atoms with E-state index in [-0.39, 0.29) is 5.54 Å². The topological polar surface area (TPSA) is 52.0 Å². The monoisotopic (exact) mass is 176 g/mol. The van der Waals surface area contributed by atoms with Gasteiger partial charge in [-0.15, -0.1) is 0 Å². The van der Waals surface area contributed by atoms with Crippen LogP contribution in [0.1, 0.15) is 30.4 Å². The molecule has 70 valence electrons. The molecule has 2 rings (SSSR count). The third-order valence-electron chi connectivity index (χ3n) is 3.02. The molecule has 0 aromatic heterocycles. The SMILES string of the molecule is NCc1ccccc1C1(N)CCC1. The number of hydrogen-bond acceptors (Lipinski definition) is 2. The fourth-order valence-corrected chi connectivity index (χ4v) is 2.01. The second-order valence-corrected chi connectivity index (χ2v) is 3.87. The maximum atomic E-state index is 6.24. The van der Waals surface area contributed by atoms with Gasteiger partial charge in [-0.3, -0.25) is 0 Å². The molecule has 2 heteroatoms. The molecule has 1 fully saturated rings. The molecule has 0 aliphatic heterocycles. The van der Waals surface area contributed by atoms with Crippen LogP contribution in [0.4, 0.5) is 0 Å². The van der Waals surface area contributed by atoms with Gasteiger partial charge in [0.05, 0.1) is 0 Å². The number of benzene rings is 1. The van der Waals surface area contributed by atoms with E-state index in [0.717, 1.165) is 12.8 Å². The third kappa shape index (κ3) is 1.36. The Morgan fingerprint density at radius 3 is 2.46 bits per heavy atom. The summed E-state index contributed by atoms with van der Waals surface area (Å²) < 4.78 is 0. The van der Waals surface area contributed by atoms with Crippen molar-refractivity contribution in [2.45, 2.75) is 31.3 Å². The average molecular weight is 176 g/mol. The lowest BCUT2D eigenvalue weighted by molar-refractivity contribution is 0.252. The van der Waals surface area contributed by atoms with Crippen molar-refractivity contribution in [3.63, 3.8) is 0 Å². The summed E-state index contributed by atoms with van der Waals surface area (Å²) >= 11 is 0. The van der Waals surface area contributed by atoms with Crippen molar-refractivity contribution in [1.29, 1.82) is 0 Å². The Bertz CT molecular complexity index is 303. The zero-order valence-corrected chi connectivity index (χ0v) is 7.79. The van der Waals surface area contributed by atoms with E-state index in [1.54, 1.807) is 0 Å². The fourth-order valence-electron chi connectivity index (χ4n) is 2.01. The minimum atomic E-state index is -0.0734. The molecule has 1 aliphatic rings. The Morgan fingerprint density at radius 2 is 1.92 bits per heavy atom. The van der Waals surface area contributed by atoms with Gasteiger partial charge >= 0.3 is 0 Å². The van der Waals surface area contributed by atoms with Crippen molar-refractivity contribution < 1.29 is 0 Å². The third-order valence-corrected chi connectivity index (χ3v) is 3.02. The van der Waals surface area contributed by atoms with Gasteiger partial charge in [0.2, 0.25) is 0 Å². The predicted octanol–water partition coefficient (Wildman–Crippen LogP) is 1.48. The van der Waals surface area contributed by atoms with Gasteiger partial charge in [-0.1, -0.05) is 24.3 Å². The van der Waals surface area contributed by atoms with Gasteiger partial charge in [0.15, 0.2) is 0 Å². The summed E-state index contributed by atoms with van der Waals surface area (Å²) in [6.45, 7) is 0.592. The van der Waals surface area contributed by atoms with Crippen LogP contribution in [0, 0.1) is 0 Å². The lowest BCUT2D eigenvalue weighted by Gasteiger charge is -2.39. The summed E-state index contributed by atoms with van der Waals surface area (Å²) in [6.07, 6.45) is 3.45. The largest absolute Gasteiger partial charge is 0.326 e. The summed E-state index contributed by atoms with van der Waals surface area (Å²) in [7, 11) is 0. The zero-order valence-electron chi connectivity index (χ0n) is 7.79. The molecular formula is C11H16N2. The molecule has 0 atom stereocenters. The first-order chi connectivity index (χ1) is 6.26. The Balaban J connectivity index is 2.38. The van der Waals surface area contributed by atoms with Gasteiger partial charge in [0, 0.05) is 12.1 Å². The highest BCUT2D eigenvalue weighted by molar-refractivity contribution is 5.34. The Kier molecular flexibility index (Phi) is 2.10. The summed E-state index contributed by atoms with van der Waals surface area (Å²) in [6, 6.07) is 8.25. The molecule has 0 bridgehead atoms. The first kappa shape index (κ1) is 8.73. The van der Waals surface area contributed by atoms with Crippen molar-refractivity contribution in [2.75, 3.05) is 0 Å². The van der Waals surface area contributed by atoms with Crippen molar-refractivity contribution >= 4 is 0 Å². The lowest BCUT2D eigenvalue weighted by atomic mass is 9.71. The predicted molar refractivity (Wildman–Crippen MR) is 54.0 cm³/mol. The number of rotatable bonds is 2. The summed E-state index contributed by atoms with van der Waals surface area (Å²) in [5, 5.41) is 0. The average Bonchev–Trinajstić information content (AvgIpc) is 2.14. The van der Waals surface area contributed by atoms with Crippen LogP contribution < -0.4 is 11.5 Å². The summed E-state index contributed by atoms with van der Waals surface area (Å²) in [4.78, 5) is 0. The number of hydrogen-bond donors (Lipinski definition) is 2. The Morgan fingerprint density at radius 1 is 1.23 bits per heavy atom. The molecule has 0 amide bonds. The molecule has 4 N–H and O–H groups in total. The molecule has 1 aliphatic carbocycles. The van der Waals surface area contributed by atoms with Crippen molar-refractivity contribution in [3.8, 4) is 0 Å². The first-order valence-electron chi connectivity index (χ1n) is 4.83. The summed E-state index contributed by atoms with van der Waals surface area (Å²) in [5.74, 6) is 0. The van der Waals surface area contributed by atoms with Crippen LogP contribution >= 0.6 is 0 Å². The highest BCUT2D eigenvalue weighted by Gasteiger charge is 2.35. The van der Waals surface area contributed by atoms with Gasteiger partial charge < -0.3 is 11.5 Å². The van der Waals surface area contributed by atoms with Crippen molar-refractivity contribution in [1.82, 2.24) is 0 Å². The maximum Gasteiger partial charge on any atom is 0.0412 e. The minimum absolute atomic E-state index is 0.0734. The molecule has 1 aromatic carbocycles. The van der Waals surface area contributed by atoms with E-state index in [2.05, 4.69) is 12.1 Å². The molecule has 1 aromatic rings. The standard InChI is InChI=1S/C11H16N2/c12-8-9-4-1-2-5-10(9)11(13)6-3-7-11/h1-2,4-5H,3,6-8,12-13H2. The maximum absolute atomic E-state index is 6.24. The fraction of sp³-hybridized carbons (Fsp3) is 0.455. The molecule has 13 heavy (non-hydrogen) atoms. The van der Waals surface area contributed by atoms with Crippen LogP contribution in [0.5, 0.6) is 0 Å².